The third-order valence-corrected chi connectivity index (χ3v) is 5.80. The zero-order chi connectivity index (χ0) is 19.6. The van der Waals surface area contributed by atoms with Crippen molar-refractivity contribution in [2.45, 2.75) is 25.1 Å². The number of primary amides is 1. The number of benzene rings is 2. The lowest BCUT2D eigenvalue weighted by Crippen LogP contribution is -2.48. The van der Waals surface area contributed by atoms with Crippen LogP contribution in [0.15, 0.2) is 54.6 Å². The van der Waals surface area contributed by atoms with Crippen LogP contribution in [0.2, 0.25) is 0 Å². The smallest absolute Gasteiger partial charge is 0.240 e. The van der Waals surface area contributed by atoms with E-state index >= 15 is 0 Å². The number of thioether (sulfide) groups is 1. The van der Waals surface area contributed by atoms with E-state index in [1.54, 1.807) is 11.8 Å². The largest absolute Gasteiger partial charge is 0.368 e. The maximum Gasteiger partial charge on any atom is 0.240 e. The van der Waals surface area contributed by atoms with Crippen molar-refractivity contribution in [3.8, 4) is 0 Å². The average molecular weight is 403 g/mol. The number of carbonyl (C=O) groups excluding carboxylic acids is 2. The van der Waals surface area contributed by atoms with E-state index in [0.717, 1.165) is 11.3 Å². The fraction of sp³-hybridized carbons (Fsp3) is 0.333. The summed E-state index contributed by atoms with van der Waals surface area (Å²) < 4.78 is 0. The molecule has 27 heavy (non-hydrogen) atoms. The van der Waals surface area contributed by atoms with Crippen LogP contribution in [0.1, 0.15) is 16.7 Å². The van der Waals surface area contributed by atoms with Gasteiger partial charge in [-0.15, -0.1) is 0 Å². The molecule has 2 amide bonds. The molecular weight excluding hydrogens is 376 g/mol. The van der Waals surface area contributed by atoms with Crippen molar-refractivity contribution in [1.82, 2.24) is 5.32 Å². The highest BCUT2D eigenvalue weighted by molar-refractivity contribution is 7.98. The minimum Gasteiger partial charge on any atom is -0.368 e. The van der Waals surface area contributed by atoms with Crippen molar-refractivity contribution < 1.29 is 9.59 Å². The lowest BCUT2D eigenvalue weighted by molar-refractivity contribution is -0.129. The summed E-state index contributed by atoms with van der Waals surface area (Å²) in [6, 6.07) is 17.3. The topological polar surface area (TPSA) is 72.2 Å². The Labute approximate surface area is 170 Å². The van der Waals surface area contributed by atoms with Gasteiger partial charge in [0.2, 0.25) is 11.8 Å². The van der Waals surface area contributed by atoms with Gasteiger partial charge >= 0.3 is 0 Å². The molecule has 0 spiro atoms. The van der Waals surface area contributed by atoms with Crippen molar-refractivity contribution in [2.75, 3.05) is 11.5 Å². The maximum absolute atomic E-state index is 12.6. The Bertz CT molecular complexity index is 736. The van der Waals surface area contributed by atoms with Crippen LogP contribution in [0.4, 0.5) is 0 Å². The van der Waals surface area contributed by atoms with Crippen LogP contribution >= 0.6 is 24.4 Å². The molecule has 2 aromatic rings. The molecule has 2 atom stereocenters. The zero-order valence-corrected chi connectivity index (χ0v) is 17.1. The molecule has 0 saturated heterocycles. The zero-order valence-electron chi connectivity index (χ0n) is 15.4. The number of hydrogen-bond donors (Lipinski definition) is 3. The molecule has 0 unspecified atom stereocenters. The molecule has 144 valence electrons. The Morgan fingerprint density at radius 1 is 1.07 bits per heavy atom. The summed E-state index contributed by atoms with van der Waals surface area (Å²) in [5.41, 5.74) is 8.95. The van der Waals surface area contributed by atoms with Crippen LogP contribution in [0.5, 0.6) is 0 Å². The Kier molecular flexibility index (Phi) is 8.75. The summed E-state index contributed by atoms with van der Waals surface area (Å²) in [5.74, 6) is 0.605. The molecule has 0 fully saturated rings. The quantitative estimate of drug-likeness (QED) is 0.535. The van der Waals surface area contributed by atoms with Crippen molar-refractivity contribution in [1.29, 1.82) is 0 Å². The van der Waals surface area contributed by atoms with Crippen LogP contribution in [-0.2, 0) is 21.8 Å². The summed E-state index contributed by atoms with van der Waals surface area (Å²) in [5, 5.41) is 2.80. The molecular formula is C21H26N2O2S2. The van der Waals surface area contributed by atoms with Crippen LogP contribution in [0.25, 0.3) is 0 Å². The number of nitrogens with one attached hydrogen (secondary N) is 1. The first-order valence-corrected chi connectivity index (χ1v) is 10.7. The highest BCUT2D eigenvalue weighted by Crippen LogP contribution is 2.15. The van der Waals surface area contributed by atoms with E-state index in [4.69, 9.17) is 5.73 Å². The fourth-order valence-electron chi connectivity index (χ4n) is 2.60. The fourth-order valence-corrected chi connectivity index (χ4v) is 3.93. The second-order valence-electron chi connectivity index (χ2n) is 6.53. The van der Waals surface area contributed by atoms with Crippen molar-refractivity contribution >= 4 is 36.2 Å². The summed E-state index contributed by atoms with van der Waals surface area (Å²) in [4.78, 5) is 24.4. The van der Waals surface area contributed by atoms with Gasteiger partial charge in [-0.1, -0.05) is 60.2 Å². The van der Waals surface area contributed by atoms with E-state index in [1.165, 1.54) is 11.1 Å². The Morgan fingerprint density at radius 3 is 2.33 bits per heavy atom. The minimum atomic E-state index is -0.689. The van der Waals surface area contributed by atoms with E-state index in [0.29, 0.717) is 17.9 Å². The number of nitrogens with two attached hydrogens (primary N) is 1. The van der Waals surface area contributed by atoms with Crippen LogP contribution in [0.3, 0.4) is 0 Å². The Hall–Kier alpha value is -1.92. The number of aryl methyl sites for hydroxylation is 1. The molecule has 0 aromatic heterocycles. The van der Waals surface area contributed by atoms with E-state index < -0.39 is 11.9 Å². The number of hydrogen-bond acceptors (Lipinski definition) is 4. The van der Waals surface area contributed by atoms with Gasteiger partial charge in [0.1, 0.15) is 6.04 Å². The molecule has 0 radical (unpaired) electrons. The van der Waals surface area contributed by atoms with Gasteiger partial charge in [-0.25, -0.2) is 0 Å². The Balaban J connectivity index is 1.88. The number of rotatable bonds is 10. The molecule has 0 aliphatic carbocycles. The number of carbonyl (C=O) groups is 2. The molecule has 6 heteroatoms. The summed E-state index contributed by atoms with van der Waals surface area (Å²) in [7, 11) is 0. The first kappa shape index (κ1) is 21.4. The summed E-state index contributed by atoms with van der Waals surface area (Å²) in [6.07, 6.45) is 0.582. The lowest BCUT2D eigenvalue weighted by atomic mass is 10.00. The van der Waals surface area contributed by atoms with Gasteiger partial charge in [0.25, 0.3) is 0 Å². The van der Waals surface area contributed by atoms with Gasteiger partial charge in [-0.2, -0.15) is 24.4 Å². The third-order valence-electron chi connectivity index (χ3n) is 4.25. The monoisotopic (exact) mass is 402 g/mol. The Morgan fingerprint density at radius 2 is 1.74 bits per heavy atom. The maximum atomic E-state index is 12.6. The van der Waals surface area contributed by atoms with Gasteiger partial charge < -0.3 is 11.1 Å². The van der Waals surface area contributed by atoms with E-state index in [2.05, 4.69) is 42.2 Å². The van der Waals surface area contributed by atoms with Crippen molar-refractivity contribution in [2.24, 2.45) is 11.7 Å². The molecule has 0 saturated carbocycles. The molecule has 4 nitrogen and oxygen atoms in total. The standard InChI is InChI=1S/C21H26N2O2S2/c1-15-7-9-17(10-8-15)13-27-14-19(20(22)24)23-21(25)18(12-26)11-16-5-3-2-4-6-16/h2-10,18-19,26H,11-14H2,1H3,(H2,22,24)(H,23,25)/t18-,19-/m0/s1. The minimum absolute atomic E-state index is 0.186. The van der Waals surface area contributed by atoms with E-state index in [-0.39, 0.29) is 11.8 Å². The average Bonchev–Trinajstić information content (AvgIpc) is 2.67. The van der Waals surface area contributed by atoms with Crippen LogP contribution in [-0.4, -0.2) is 29.4 Å². The molecule has 2 aromatic carbocycles. The first-order valence-electron chi connectivity index (χ1n) is 8.87. The summed E-state index contributed by atoms with van der Waals surface area (Å²) in [6.45, 7) is 2.04. The van der Waals surface area contributed by atoms with Gasteiger partial charge in [-0.3, -0.25) is 9.59 Å². The van der Waals surface area contributed by atoms with Crippen LogP contribution < -0.4 is 11.1 Å². The molecule has 2 rings (SSSR count). The highest BCUT2D eigenvalue weighted by Gasteiger charge is 2.23. The van der Waals surface area contributed by atoms with Crippen molar-refractivity contribution in [3.05, 3.63) is 71.3 Å². The molecule has 0 bridgehead atoms. The predicted molar refractivity (Wildman–Crippen MR) is 116 cm³/mol. The van der Waals surface area contributed by atoms with Crippen LogP contribution in [0, 0.1) is 12.8 Å². The van der Waals surface area contributed by atoms with E-state index in [1.807, 2.05) is 37.3 Å². The highest BCUT2D eigenvalue weighted by atomic mass is 32.2. The second-order valence-corrected chi connectivity index (χ2v) is 7.93. The molecule has 0 heterocycles. The normalized spacial score (nSPS) is 13.0. The number of amides is 2. The summed E-state index contributed by atoms with van der Waals surface area (Å²) >= 11 is 5.88. The van der Waals surface area contributed by atoms with E-state index in [9.17, 15) is 9.59 Å². The number of thiol groups is 1. The molecule has 0 aliphatic heterocycles. The molecule has 3 N–H and O–H groups in total. The predicted octanol–water partition coefficient (Wildman–Crippen LogP) is 2.99. The van der Waals surface area contributed by atoms with Gasteiger partial charge in [0, 0.05) is 17.3 Å². The second kappa shape index (κ2) is 11.0. The van der Waals surface area contributed by atoms with Gasteiger partial charge in [0.05, 0.1) is 5.92 Å². The first-order chi connectivity index (χ1) is 13.0. The van der Waals surface area contributed by atoms with Gasteiger partial charge in [0.15, 0.2) is 0 Å². The van der Waals surface area contributed by atoms with Gasteiger partial charge in [-0.05, 0) is 24.5 Å². The van der Waals surface area contributed by atoms with Crippen molar-refractivity contribution in [3.63, 3.8) is 0 Å². The SMILES string of the molecule is Cc1ccc(CSC[C@H](NC(=O)[C@H](CS)Cc2ccccc2)C(N)=O)cc1. The molecule has 0 aliphatic rings. The third kappa shape index (κ3) is 7.31. The lowest BCUT2D eigenvalue weighted by Gasteiger charge is -2.20.